The molecule has 2 aromatic carbocycles. The molecule has 0 bridgehead atoms. The summed E-state index contributed by atoms with van der Waals surface area (Å²) in [4.78, 5) is 29.8. The molecule has 0 unspecified atom stereocenters. The molecule has 1 atom stereocenters. The first-order valence-corrected chi connectivity index (χ1v) is 11.7. The van der Waals surface area contributed by atoms with Gasteiger partial charge in [0, 0.05) is 18.7 Å². The number of likely N-dealkylation sites (tertiary alicyclic amines) is 1. The first kappa shape index (κ1) is 26.9. The molecule has 0 spiro atoms. The van der Waals surface area contributed by atoms with Crippen LogP contribution in [0.5, 0.6) is 23.0 Å². The lowest BCUT2D eigenvalue weighted by atomic mass is 9.94. The van der Waals surface area contributed by atoms with Crippen molar-refractivity contribution >= 4 is 17.4 Å². The molecule has 1 aliphatic rings. The summed E-state index contributed by atoms with van der Waals surface area (Å²) >= 11 is 0. The lowest BCUT2D eigenvalue weighted by Crippen LogP contribution is -2.35. The topological polar surface area (TPSA) is 97.8 Å². The number of carbonyl (C=O) groups is 2. The van der Waals surface area contributed by atoms with Gasteiger partial charge in [0.1, 0.15) is 11.5 Å². The largest absolute Gasteiger partial charge is 0.507 e. The Balaban J connectivity index is 2.17. The fraction of sp³-hybridized carbons (Fsp3) is 0.407. The van der Waals surface area contributed by atoms with E-state index in [2.05, 4.69) is 0 Å². The number of ether oxygens (including phenoxy) is 4. The highest BCUT2D eigenvalue weighted by atomic mass is 16.5. The Kier molecular flexibility index (Phi) is 8.82. The zero-order valence-corrected chi connectivity index (χ0v) is 21.7. The normalized spacial score (nSPS) is 17.0. The van der Waals surface area contributed by atoms with Gasteiger partial charge < -0.3 is 33.9 Å². The van der Waals surface area contributed by atoms with Gasteiger partial charge in [0.2, 0.25) is 5.75 Å². The van der Waals surface area contributed by atoms with Gasteiger partial charge in [0.05, 0.1) is 39.6 Å². The maximum atomic E-state index is 13.3. The Labute approximate surface area is 211 Å². The average Bonchev–Trinajstić information content (AvgIpc) is 3.14. The van der Waals surface area contributed by atoms with Gasteiger partial charge in [0.15, 0.2) is 11.5 Å². The summed E-state index contributed by atoms with van der Waals surface area (Å²) < 4.78 is 22.0. The van der Waals surface area contributed by atoms with Gasteiger partial charge >= 0.3 is 0 Å². The van der Waals surface area contributed by atoms with Gasteiger partial charge in [-0.3, -0.25) is 9.59 Å². The predicted octanol–water partition coefficient (Wildman–Crippen LogP) is 3.48. The average molecular weight is 499 g/mol. The second-order valence-corrected chi connectivity index (χ2v) is 8.63. The molecule has 36 heavy (non-hydrogen) atoms. The molecular weight excluding hydrogens is 464 g/mol. The van der Waals surface area contributed by atoms with Crippen LogP contribution in [0.15, 0.2) is 42.0 Å². The zero-order valence-electron chi connectivity index (χ0n) is 21.7. The number of benzene rings is 2. The smallest absolute Gasteiger partial charge is 0.295 e. The number of aliphatic hydroxyl groups excluding tert-OH is 1. The Morgan fingerprint density at radius 1 is 1.00 bits per heavy atom. The zero-order chi connectivity index (χ0) is 26.4. The molecule has 0 aromatic heterocycles. The van der Waals surface area contributed by atoms with Crippen LogP contribution in [-0.2, 0) is 9.59 Å². The van der Waals surface area contributed by atoms with E-state index in [0.717, 1.165) is 6.42 Å². The highest BCUT2D eigenvalue weighted by molar-refractivity contribution is 6.46. The van der Waals surface area contributed by atoms with Crippen LogP contribution >= 0.6 is 0 Å². The van der Waals surface area contributed by atoms with E-state index >= 15 is 0 Å². The van der Waals surface area contributed by atoms with E-state index in [1.54, 1.807) is 36.4 Å². The third-order valence-corrected chi connectivity index (χ3v) is 5.93. The number of amides is 1. The summed E-state index contributed by atoms with van der Waals surface area (Å²) in [7, 11) is 8.25. The molecule has 0 aliphatic carbocycles. The van der Waals surface area contributed by atoms with E-state index in [1.807, 2.05) is 25.9 Å². The summed E-state index contributed by atoms with van der Waals surface area (Å²) in [6.45, 7) is 3.39. The monoisotopic (exact) mass is 498 g/mol. The predicted molar refractivity (Wildman–Crippen MR) is 136 cm³/mol. The van der Waals surface area contributed by atoms with Gasteiger partial charge in [-0.05, 0) is 62.5 Å². The molecule has 0 saturated carbocycles. The molecule has 1 fully saturated rings. The number of carbonyl (C=O) groups excluding carboxylic acids is 2. The minimum absolute atomic E-state index is 0.00439. The number of Topliss-reactive ketones (excluding diaryl/α,β-unsaturated/α-hetero) is 1. The number of hydrogen-bond acceptors (Lipinski definition) is 8. The van der Waals surface area contributed by atoms with Crippen molar-refractivity contribution in [3.8, 4) is 23.0 Å². The van der Waals surface area contributed by atoms with Crippen LogP contribution < -0.4 is 18.9 Å². The van der Waals surface area contributed by atoms with Gasteiger partial charge in [-0.1, -0.05) is 6.92 Å². The number of rotatable bonds is 11. The standard InChI is InChI=1S/C27H34N2O7/c1-7-14-36-19-10-8-17(9-11-19)24(30)22-23(29(13-12-28(2)3)27(32)25(22)31)18-15-20(33-4)26(35-6)21(16-18)34-5/h8-11,15-16,23,30H,7,12-14H2,1-6H3/b24-22+/t23-/m1/s1. The van der Waals surface area contributed by atoms with Gasteiger partial charge in [-0.15, -0.1) is 0 Å². The Bertz CT molecular complexity index is 1100. The molecule has 1 N–H and O–H groups in total. The van der Waals surface area contributed by atoms with Crippen molar-refractivity contribution in [1.29, 1.82) is 0 Å². The van der Waals surface area contributed by atoms with Crippen molar-refractivity contribution in [1.82, 2.24) is 9.80 Å². The second kappa shape index (κ2) is 11.8. The molecule has 2 aromatic rings. The third kappa shape index (κ3) is 5.41. The summed E-state index contributed by atoms with van der Waals surface area (Å²) in [5.74, 6) is 0.0977. The van der Waals surface area contributed by atoms with Crippen LogP contribution in [0.3, 0.4) is 0 Å². The van der Waals surface area contributed by atoms with Crippen molar-refractivity contribution in [2.45, 2.75) is 19.4 Å². The Morgan fingerprint density at radius 2 is 1.61 bits per heavy atom. The number of ketones is 1. The molecule has 1 amide bonds. The maximum Gasteiger partial charge on any atom is 0.295 e. The van der Waals surface area contributed by atoms with Crippen molar-refractivity contribution in [3.05, 3.63) is 53.1 Å². The van der Waals surface area contributed by atoms with Gasteiger partial charge in [0.25, 0.3) is 11.7 Å². The molecule has 3 rings (SSSR count). The molecule has 1 saturated heterocycles. The van der Waals surface area contributed by atoms with E-state index in [9.17, 15) is 14.7 Å². The molecular formula is C27H34N2O7. The van der Waals surface area contributed by atoms with Crippen molar-refractivity contribution in [2.75, 3.05) is 55.1 Å². The van der Waals surface area contributed by atoms with Crippen molar-refractivity contribution < 1.29 is 33.6 Å². The van der Waals surface area contributed by atoms with Gasteiger partial charge in [-0.2, -0.15) is 0 Å². The maximum absolute atomic E-state index is 13.3. The highest BCUT2D eigenvalue weighted by Gasteiger charge is 2.46. The molecule has 0 radical (unpaired) electrons. The summed E-state index contributed by atoms with van der Waals surface area (Å²) in [5, 5.41) is 11.3. The molecule has 1 heterocycles. The van der Waals surface area contributed by atoms with E-state index in [-0.39, 0.29) is 17.9 Å². The Hall–Kier alpha value is -3.72. The number of nitrogens with zero attached hydrogens (tertiary/aromatic N) is 2. The van der Waals surface area contributed by atoms with E-state index < -0.39 is 17.7 Å². The second-order valence-electron chi connectivity index (χ2n) is 8.63. The number of hydrogen-bond donors (Lipinski definition) is 1. The molecule has 9 nitrogen and oxygen atoms in total. The lowest BCUT2D eigenvalue weighted by molar-refractivity contribution is -0.140. The van der Waals surface area contributed by atoms with Crippen LogP contribution in [0.4, 0.5) is 0 Å². The SMILES string of the molecule is CCCOc1ccc(/C(O)=C2\C(=O)C(=O)N(CCN(C)C)[C@@H]2c2cc(OC)c(OC)c(OC)c2)cc1. The third-order valence-electron chi connectivity index (χ3n) is 5.93. The number of likely N-dealkylation sites (N-methyl/N-ethyl adjacent to an activating group) is 1. The lowest BCUT2D eigenvalue weighted by Gasteiger charge is -2.27. The summed E-state index contributed by atoms with van der Waals surface area (Å²) in [6, 6.07) is 9.31. The van der Waals surface area contributed by atoms with Crippen LogP contribution in [0, 0.1) is 0 Å². The van der Waals surface area contributed by atoms with E-state index in [4.69, 9.17) is 18.9 Å². The molecule has 9 heteroatoms. The fourth-order valence-electron chi connectivity index (χ4n) is 4.11. The first-order valence-electron chi connectivity index (χ1n) is 11.7. The molecule has 194 valence electrons. The Morgan fingerprint density at radius 3 is 2.11 bits per heavy atom. The van der Waals surface area contributed by atoms with Crippen molar-refractivity contribution in [3.63, 3.8) is 0 Å². The first-order chi connectivity index (χ1) is 17.3. The van der Waals surface area contributed by atoms with E-state index in [1.165, 1.54) is 26.2 Å². The fourth-order valence-corrected chi connectivity index (χ4v) is 4.11. The minimum atomic E-state index is -0.852. The quantitative estimate of drug-likeness (QED) is 0.286. The van der Waals surface area contributed by atoms with Crippen LogP contribution in [-0.4, -0.2) is 81.7 Å². The van der Waals surface area contributed by atoms with Crippen LogP contribution in [0.25, 0.3) is 5.76 Å². The number of aliphatic hydroxyl groups is 1. The van der Waals surface area contributed by atoms with Crippen molar-refractivity contribution in [2.24, 2.45) is 0 Å². The van der Waals surface area contributed by atoms with Crippen LogP contribution in [0.1, 0.15) is 30.5 Å². The highest BCUT2D eigenvalue weighted by Crippen LogP contribution is 2.45. The van der Waals surface area contributed by atoms with Crippen LogP contribution in [0.2, 0.25) is 0 Å². The number of methoxy groups -OCH3 is 3. The minimum Gasteiger partial charge on any atom is -0.507 e. The summed E-state index contributed by atoms with van der Waals surface area (Å²) in [6.07, 6.45) is 0.868. The molecule has 1 aliphatic heterocycles. The summed E-state index contributed by atoms with van der Waals surface area (Å²) in [5.41, 5.74) is 0.948. The van der Waals surface area contributed by atoms with E-state index in [0.29, 0.717) is 47.3 Å². The van der Waals surface area contributed by atoms with Gasteiger partial charge in [-0.25, -0.2) is 0 Å².